The van der Waals surface area contributed by atoms with Crippen LogP contribution in [0.3, 0.4) is 0 Å². The molecule has 0 aliphatic carbocycles. The second kappa shape index (κ2) is 57.1. The van der Waals surface area contributed by atoms with Crippen molar-refractivity contribution >= 4 is 0 Å². The molecule has 0 aliphatic heterocycles. The third-order valence-corrected chi connectivity index (χ3v) is 16.7. The van der Waals surface area contributed by atoms with Crippen LogP contribution < -0.4 is 14.2 Å². The first-order chi connectivity index (χ1) is 50.3. The van der Waals surface area contributed by atoms with Gasteiger partial charge in [-0.25, -0.2) is 0 Å². The Morgan fingerprint density at radius 2 is 0.552 bits per heavy atom. The Labute approximate surface area is 641 Å². The van der Waals surface area contributed by atoms with Gasteiger partial charge in [0.05, 0.1) is 26.4 Å². The van der Waals surface area contributed by atoms with E-state index in [4.69, 9.17) is 14.2 Å². The lowest BCUT2D eigenvalue weighted by Crippen LogP contribution is -2.15. The van der Waals surface area contributed by atoms with Crippen LogP contribution in [-0.2, 0) is 56.0 Å². The Kier molecular flexibility index (Phi) is 51.0. The van der Waals surface area contributed by atoms with Crippen molar-refractivity contribution in [2.45, 2.75) is 213 Å². The van der Waals surface area contributed by atoms with Crippen molar-refractivity contribution in [1.29, 1.82) is 0 Å². The fourth-order valence-corrected chi connectivity index (χ4v) is 9.44. The summed E-state index contributed by atoms with van der Waals surface area (Å²) in [5.41, 5.74) is 19.7. The molecule has 564 valence electrons. The van der Waals surface area contributed by atoms with Crippen LogP contribution in [0.25, 0.3) is 0 Å². The van der Waals surface area contributed by atoms with E-state index in [2.05, 4.69) is 313 Å². The molecule has 4 heteroatoms. The summed E-state index contributed by atoms with van der Waals surface area (Å²) in [6, 6.07) is 100. The molecule has 4 nitrogen and oxygen atoms in total. The van der Waals surface area contributed by atoms with Gasteiger partial charge in [0, 0.05) is 0 Å². The van der Waals surface area contributed by atoms with Crippen LogP contribution >= 0.6 is 0 Å². The quantitative estimate of drug-likeness (QED) is 0.111. The summed E-state index contributed by atoms with van der Waals surface area (Å²) >= 11 is 0. The molecular weight excluding hydrogens is 1280 g/mol. The second-order valence-corrected chi connectivity index (χ2v) is 27.8. The largest absolute Gasteiger partial charge is 0.497 e. The maximum Gasteiger partial charge on any atom is 0.119 e. The molecule has 1 N–H and O–H groups in total. The van der Waals surface area contributed by atoms with Gasteiger partial charge in [0.15, 0.2) is 0 Å². The van der Waals surface area contributed by atoms with Crippen LogP contribution in [0.2, 0.25) is 0 Å². The van der Waals surface area contributed by atoms with Crippen LogP contribution in [0.4, 0.5) is 0 Å². The highest BCUT2D eigenvalue weighted by Crippen LogP contribution is 2.23. The molecule has 11 aromatic rings. The normalized spacial score (nSPS) is 9.94. The first-order valence-corrected chi connectivity index (χ1v) is 38.4. The Morgan fingerprint density at radius 3 is 0.838 bits per heavy atom. The first kappa shape index (κ1) is 93.8. The standard InChI is InChI=1S/C12H18.C11H16O.C11H16.2C9H12O.2C9H12.C8H10O.2C8H10.C7H8/c1-5-10-6-8-11(9-7-10)12(2,3)4;1-4-9-5-7-10(8-6-9)11(2,3)12;1-4-10-5-7-11(8-6-10)9(2)3;1-3-8-4-6-9(10-2)7-5-8;1-2-8-10-9-6-4-3-5-7-9;1-3-9-6-4-8(2)5-7-9;1-2-6-9-7-4-3-5-8-9;1-7-3-5-8(9-2)6-4-7;1-7-3-5-8(2)6-4-7;1-2-8-6-4-3-5-7-8;1-7-5-3-2-4-6-7/h6-9H,5H2,1-4H3;5-8,12H,4H2,1-3H3;5-9H,4H2,1-3H3;4-7H,3H2,1-2H3;3-7H,2,8H2,1H3;4-7H,3H2,1-2H3;3-5,7-8H,2,6H2,1H3;3-6H,1-2H3;3-6H,1-2H3;3-7H,2H2,1H3;2-6H,1H3. The van der Waals surface area contributed by atoms with Gasteiger partial charge in [-0.15, -0.1) is 0 Å². The summed E-state index contributed by atoms with van der Waals surface area (Å²) in [6.45, 7) is 43.3. The smallest absolute Gasteiger partial charge is 0.119 e. The third kappa shape index (κ3) is 47.0. The lowest BCUT2D eigenvalue weighted by atomic mass is 9.86. The van der Waals surface area contributed by atoms with Crippen LogP contribution in [-0.4, -0.2) is 25.9 Å². The highest BCUT2D eigenvalue weighted by atomic mass is 16.5. The molecule has 0 fully saturated rings. The van der Waals surface area contributed by atoms with Gasteiger partial charge in [-0.2, -0.15) is 0 Å². The van der Waals surface area contributed by atoms with Crippen molar-refractivity contribution < 1.29 is 19.3 Å². The van der Waals surface area contributed by atoms with Crippen molar-refractivity contribution in [3.05, 3.63) is 375 Å². The Hall–Kier alpha value is -9.22. The molecule has 0 saturated carbocycles. The molecule has 0 aromatic heterocycles. The van der Waals surface area contributed by atoms with Crippen molar-refractivity contribution in [2.75, 3.05) is 20.8 Å². The third-order valence-electron chi connectivity index (χ3n) is 16.7. The van der Waals surface area contributed by atoms with E-state index in [0.29, 0.717) is 5.92 Å². The lowest BCUT2D eigenvalue weighted by Gasteiger charge is -2.18. The summed E-state index contributed by atoms with van der Waals surface area (Å²) in [7, 11) is 3.35. The molecule has 11 aromatic carbocycles. The number of para-hydroxylation sites is 1. The average Bonchev–Trinajstić information content (AvgIpc) is 0.862. The highest BCUT2D eigenvalue weighted by Gasteiger charge is 2.15. The van der Waals surface area contributed by atoms with Crippen molar-refractivity contribution in [2.24, 2.45) is 0 Å². The van der Waals surface area contributed by atoms with Gasteiger partial charge < -0.3 is 19.3 Å². The monoisotopic (exact) mass is 1410 g/mol. The van der Waals surface area contributed by atoms with Crippen LogP contribution in [0.1, 0.15) is 206 Å². The second-order valence-electron chi connectivity index (χ2n) is 27.8. The Morgan fingerprint density at radius 1 is 0.286 bits per heavy atom. The molecule has 0 heterocycles. The lowest BCUT2D eigenvalue weighted by molar-refractivity contribution is 0.0786. The highest BCUT2D eigenvalue weighted by molar-refractivity contribution is 5.31. The van der Waals surface area contributed by atoms with E-state index in [1.165, 1.54) is 90.7 Å². The molecule has 0 aliphatic rings. The number of hydrogen-bond donors (Lipinski definition) is 1. The summed E-state index contributed by atoms with van der Waals surface area (Å²) in [4.78, 5) is 0. The predicted octanol–water partition coefficient (Wildman–Crippen LogP) is 27.9. The average molecular weight is 1410 g/mol. The minimum atomic E-state index is -0.716. The topological polar surface area (TPSA) is 47.9 Å². The molecule has 0 atom stereocenters. The van der Waals surface area contributed by atoms with E-state index in [9.17, 15) is 5.11 Å². The molecule has 11 rings (SSSR count). The van der Waals surface area contributed by atoms with Crippen molar-refractivity contribution in [1.82, 2.24) is 0 Å². The van der Waals surface area contributed by atoms with Gasteiger partial charge in [0.1, 0.15) is 17.2 Å². The number of hydrogen-bond acceptors (Lipinski definition) is 4. The molecule has 0 amide bonds. The van der Waals surface area contributed by atoms with E-state index < -0.39 is 5.60 Å². The Balaban J connectivity index is 0.000000579. The van der Waals surface area contributed by atoms with Crippen molar-refractivity contribution in [3.8, 4) is 17.2 Å². The fourth-order valence-electron chi connectivity index (χ4n) is 9.44. The number of aliphatic hydroxyl groups is 1. The maximum atomic E-state index is 9.65. The van der Waals surface area contributed by atoms with Gasteiger partial charge in [0.2, 0.25) is 0 Å². The summed E-state index contributed by atoms with van der Waals surface area (Å²) in [5, 5.41) is 9.65. The van der Waals surface area contributed by atoms with Gasteiger partial charge in [-0.1, -0.05) is 379 Å². The van der Waals surface area contributed by atoms with E-state index >= 15 is 0 Å². The number of rotatable bonds is 15. The maximum absolute atomic E-state index is 9.65. The zero-order valence-electron chi connectivity index (χ0n) is 69.0. The summed E-state index contributed by atoms with van der Waals surface area (Å²) < 4.78 is 15.3. The minimum Gasteiger partial charge on any atom is -0.497 e. The Bertz CT molecular complexity index is 3590. The molecular formula is C101H136O4. The molecule has 0 saturated heterocycles. The predicted molar refractivity (Wildman–Crippen MR) is 462 cm³/mol. The number of benzene rings is 11. The van der Waals surface area contributed by atoms with Crippen LogP contribution in [0, 0.1) is 34.6 Å². The molecule has 0 spiro atoms. The van der Waals surface area contributed by atoms with Gasteiger partial charge in [-0.3, -0.25) is 0 Å². The van der Waals surface area contributed by atoms with Gasteiger partial charge >= 0.3 is 0 Å². The van der Waals surface area contributed by atoms with Crippen LogP contribution in [0.15, 0.2) is 291 Å². The number of ether oxygens (including phenoxy) is 3. The molecule has 0 radical (unpaired) electrons. The first-order valence-electron chi connectivity index (χ1n) is 38.4. The van der Waals surface area contributed by atoms with Gasteiger partial charge in [-0.05, 0) is 203 Å². The zero-order chi connectivity index (χ0) is 78.1. The molecule has 0 unspecified atom stereocenters. The van der Waals surface area contributed by atoms with Crippen LogP contribution in [0.5, 0.6) is 17.2 Å². The number of methoxy groups -OCH3 is 2. The van der Waals surface area contributed by atoms with Gasteiger partial charge in [0.25, 0.3) is 0 Å². The molecule has 0 bridgehead atoms. The summed E-state index contributed by atoms with van der Waals surface area (Å²) in [6.07, 6.45) is 10.2. The minimum absolute atomic E-state index is 0.284. The SMILES string of the molecule is CCCOc1ccccc1.CCCc1ccccc1.CCc1ccc(C(C)(C)C)cc1.CCc1ccc(C(C)(C)O)cc1.CCc1ccc(C(C)C)cc1.CCc1ccc(C)cc1.CCc1ccc(OC)cc1.CCc1ccccc1.COc1ccc(C)cc1.Cc1ccc(C)cc1.Cc1ccccc1. The van der Waals surface area contributed by atoms with E-state index in [1.807, 2.05) is 103 Å². The van der Waals surface area contributed by atoms with Crippen molar-refractivity contribution in [3.63, 3.8) is 0 Å². The fraction of sp³-hybridized carbons (Fsp3) is 0.347. The molecule has 105 heavy (non-hydrogen) atoms. The summed E-state index contributed by atoms with van der Waals surface area (Å²) in [5.74, 6) is 3.46. The van der Waals surface area contributed by atoms with E-state index in [0.717, 1.165) is 74.4 Å². The van der Waals surface area contributed by atoms with E-state index in [1.54, 1.807) is 28.1 Å². The van der Waals surface area contributed by atoms with E-state index in [-0.39, 0.29) is 5.41 Å². The zero-order valence-corrected chi connectivity index (χ0v) is 69.0. The number of aryl methyl sites for hydroxylation is 12.